The van der Waals surface area contributed by atoms with E-state index in [0.717, 1.165) is 39.0 Å². The summed E-state index contributed by atoms with van der Waals surface area (Å²) < 4.78 is 5.32. The van der Waals surface area contributed by atoms with Crippen LogP contribution in [-0.4, -0.2) is 49.5 Å². The molecule has 0 aliphatic carbocycles. The van der Waals surface area contributed by atoms with Crippen LogP contribution >= 0.6 is 0 Å². The molecular weight excluding hydrogens is 294 g/mol. The lowest BCUT2D eigenvalue weighted by Crippen LogP contribution is -2.40. The van der Waals surface area contributed by atoms with Gasteiger partial charge in [0.15, 0.2) is 6.61 Å². The van der Waals surface area contributed by atoms with Crippen LogP contribution in [0.2, 0.25) is 0 Å². The number of piperidine rings is 1. The van der Waals surface area contributed by atoms with Crippen molar-refractivity contribution < 1.29 is 14.3 Å². The molecule has 0 saturated carbocycles. The van der Waals surface area contributed by atoms with Gasteiger partial charge in [-0.1, -0.05) is 6.92 Å². The van der Waals surface area contributed by atoms with Crippen molar-refractivity contribution in [3.63, 3.8) is 0 Å². The quantitative estimate of drug-likeness (QED) is 0.882. The van der Waals surface area contributed by atoms with Crippen molar-refractivity contribution in [3.05, 3.63) is 23.8 Å². The van der Waals surface area contributed by atoms with Gasteiger partial charge in [0.1, 0.15) is 5.75 Å². The summed E-state index contributed by atoms with van der Waals surface area (Å²) in [5, 5.41) is 6.12. The van der Waals surface area contributed by atoms with Crippen molar-refractivity contribution in [1.29, 1.82) is 0 Å². The maximum absolute atomic E-state index is 12.6. The second kappa shape index (κ2) is 7.00. The number of likely N-dealkylation sites (tertiary alicyclic amines) is 1. The first-order valence-corrected chi connectivity index (χ1v) is 8.24. The molecule has 1 fully saturated rings. The first kappa shape index (κ1) is 15.8. The molecule has 0 spiro atoms. The number of nitrogens with one attached hydrogen (secondary N) is 2. The summed E-state index contributed by atoms with van der Waals surface area (Å²) in [4.78, 5) is 25.9. The molecule has 1 saturated heterocycles. The second-order valence-electron chi connectivity index (χ2n) is 6.09. The predicted octanol–water partition coefficient (Wildman–Crippen LogP) is 1.48. The number of anilines is 1. The summed E-state index contributed by atoms with van der Waals surface area (Å²) in [6.45, 7) is 5.73. The van der Waals surface area contributed by atoms with Crippen LogP contribution in [0.3, 0.4) is 0 Å². The van der Waals surface area contributed by atoms with E-state index in [1.54, 1.807) is 18.2 Å². The maximum Gasteiger partial charge on any atom is 0.262 e. The van der Waals surface area contributed by atoms with Gasteiger partial charge in [0.05, 0.1) is 5.69 Å². The van der Waals surface area contributed by atoms with Gasteiger partial charge >= 0.3 is 0 Å². The number of rotatable bonds is 4. The van der Waals surface area contributed by atoms with E-state index in [2.05, 4.69) is 17.6 Å². The molecule has 2 aliphatic heterocycles. The Morgan fingerprint density at radius 1 is 1.39 bits per heavy atom. The van der Waals surface area contributed by atoms with Gasteiger partial charge in [0.2, 0.25) is 0 Å². The Morgan fingerprint density at radius 3 is 2.91 bits per heavy atom. The van der Waals surface area contributed by atoms with E-state index in [1.165, 1.54) is 0 Å². The van der Waals surface area contributed by atoms with E-state index in [-0.39, 0.29) is 18.4 Å². The lowest BCUT2D eigenvalue weighted by atomic mass is 9.96. The summed E-state index contributed by atoms with van der Waals surface area (Å²) in [5.41, 5.74) is 1.17. The molecular formula is C17H23N3O3. The Hall–Kier alpha value is -2.08. The van der Waals surface area contributed by atoms with Crippen molar-refractivity contribution >= 4 is 17.5 Å². The first-order valence-electron chi connectivity index (χ1n) is 8.24. The average Bonchev–Trinajstić information content (AvgIpc) is 2.59. The Balaban J connectivity index is 1.63. The maximum atomic E-state index is 12.6. The van der Waals surface area contributed by atoms with E-state index in [0.29, 0.717) is 22.9 Å². The lowest BCUT2D eigenvalue weighted by molar-refractivity contribution is -0.118. The SMILES string of the molecule is CCNCC1CCN(C(=O)c2ccc3c(c2)NC(=O)CO3)CC1. The third-order valence-electron chi connectivity index (χ3n) is 4.44. The molecule has 3 rings (SSSR count). The van der Waals surface area contributed by atoms with Crippen molar-refractivity contribution in [2.45, 2.75) is 19.8 Å². The average molecular weight is 317 g/mol. The molecule has 0 aromatic heterocycles. The van der Waals surface area contributed by atoms with Crippen molar-refractivity contribution in [2.24, 2.45) is 5.92 Å². The zero-order chi connectivity index (χ0) is 16.2. The third kappa shape index (κ3) is 3.64. The minimum Gasteiger partial charge on any atom is -0.482 e. The van der Waals surface area contributed by atoms with Gasteiger partial charge in [-0.2, -0.15) is 0 Å². The minimum absolute atomic E-state index is 0.0227. The molecule has 1 aromatic rings. The van der Waals surface area contributed by atoms with Crippen LogP contribution < -0.4 is 15.4 Å². The fourth-order valence-corrected chi connectivity index (χ4v) is 3.09. The van der Waals surface area contributed by atoms with Gasteiger partial charge in [-0.25, -0.2) is 0 Å². The molecule has 0 atom stereocenters. The highest BCUT2D eigenvalue weighted by molar-refractivity contribution is 5.99. The van der Waals surface area contributed by atoms with Gasteiger partial charge < -0.3 is 20.3 Å². The smallest absolute Gasteiger partial charge is 0.262 e. The highest BCUT2D eigenvalue weighted by Crippen LogP contribution is 2.29. The summed E-state index contributed by atoms with van der Waals surface area (Å²) in [6.07, 6.45) is 2.06. The highest BCUT2D eigenvalue weighted by atomic mass is 16.5. The van der Waals surface area contributed by atoms with Crippen LogP contribution in [0.5, 0.6) is 5.75 Å². The topological polar surface area (TPSA) is 70.7 Å². The van der Waals surface area contributed by atoms with E-state index < -0.39 is 0 Å². The molecule has 23 heavy (non-hydrogen) atoms. The number of hydrogen-bond donors (Lipinski definition) is 2. The van der Waals surface area contributed by atoms with Crippen molar-refractivity contribution in [3.8, 4) is 5.75 Å². The number of nitrogens with zero attached hydrogens (tertiary/aromatic N) is 1. The monoisotopic (exact) mass is 317 g/mol. The normalized spacial score (nSPS) is 18.1. The van der Waals surface area contributed by atoms with Crippen LogP contribution in [0.15, 0.2) is 18.2 Å². The Labute approximate surface area is 136 Å². The van der Waals surface area contributed by atoms with Gasteiger partial charge in [-0.15, -0.1) is 0 Å². The number of benzene rings is 1. The summed E-state index contributed by atoms with van der Waals surface area (Å²) >= 11 is 0. The van der Waals surface area contributed by atoms with E-state index in [9.17, 15) is 9.59 Å². The van der Waals surface area contributed by atoms with Gasteiger partial charge in [-0.05, 0) is 50.0 Å². The van der Waals surface area contributed by atoms with Crippen molar-refractivity contribution in [2.75, 3.05) is 38.1 Å². The molecule has 2 heterocycles. The molecule has 2 aliphatic rings. The van der Waals surface area contributed by atoms with Gasteiger partial charge in [0, 0.05) is 18.7 Å². The predicted molar refractivity (Wildman–Crippen MR) is 87.7 cm³/mol. The molecule has 0 bridgehead atoms. The summed E-state index contributed by atoms with van der Waals surface area (Å²) in [5.74, 6) is 1.10. The lowest BCUT2D eigenvalue weighted by Gasteiger charge is -2.32. The summed E-state index contributed by atoms with van der Waals surface area (Å²) in [7, 11) is 0. The minimum atomic E-state index is -0.189. The molecule has 1 aromatic carbocycles. The van der Waals surface area contributed by atoms with Crippen molar-refractivity contribution in [1.82, 2.24) is 10.2 Å². The highest BCUT2D eigenvalue weighted by Gasteiger charge is 2.25. The number of amides is 2. The number of ether oxygens (including phenoxy) is 1. The Bertz CT molecular complexity index is 595. The molecule has 2 N–H and O–H groups in total. The van der Waals surface area contributed by atoms with Gasteiger partial charge in [-0.3, -0.25) is 9.59 Å². The van der Waals surface area contributed by atoms with Crippen LogP contribution in [0, 0.1) is 5.92 Å². The number of carbonyl (C=O) groups is 2. The molecule has 6 nitrogen and oxygen atoms in total. The zero-order valence-corrected chi connectivity index (χ0v) is 13.4. The van der Waals surface area contributed by atoms with Crippen LogP contribution in [0.4, 0.5) is 5.69 Å². The first-order chi connectivity index (χ1) is 11.2. The largest absolute Gasteiger partial charge is 0.482 e. The second-order valence-corrected chi connectivity index (χ2v) is 6.09. The Morgan fingerprint density at radius 2 is 2.17 bits per heavy atom. The van der Waals surface area contributed by atoms with E-state index >= 15 is 0 Å². The Kier molecular flexibility index (Phi) is 4.81. The van der Waals surface area contributed by atoms with E-state index in [4.69, 9.17) is 4.74 Å². The molecule has 6 heteroatoms. The fourth-order valence-electron chi connectivity index (χ4n) is 3.09. The third-order valence-corrected chi connectivity index (χ3v) is 4.44. The number of hydrogen-bond acceptors (Lipinski definition) is 4. The number of fused-ring (bicyclic) bond motifs is 1. The summed E-state index contributed by atoms with van der Waals surface area (Å²) in [6, 6.07) is 5.22. The van der Waals surface area contributed by atoms with Crippen LogP contribution in [0.1, 0.15) is 30.1 Å². The standard InChI is InChI=1S/C17H23N3O3/c1-2-18-10-12-5-7-20(8-6-12)17(22)13-3-4-15-14(9-13)19-16(21)11-23-15/h3-4,9,12,18H,2,5-8,10-11H2,1H3,(H,19,21). The molecule has 124 valence electrons. The van der Waals surface area contributed by atoms with E-state index in [1.807, 2.05) is 4.90 Å². The zero-order valence-electron chi connectivity index (χ0n) is 13.4. The molecule has 0 unspecified atom stereocenters. The van der Waals surface area contributed by atoms with Crippen LogP contribution in [0.25, 0.3) is 0 Å². The molecule has 2 amide bonds. The number of carbonyl (C=O) groups excluding carboxylic acids is 2. The van der Waals surface area contributed by atoms with Gasteiger partial charge in [0.25, 0.3) is 11.8 Å². The molecule has 0 radical (unpaired) electrons. The fraction of sp³-hybridized carbons (Fsp3) is 0.529. The van der Waals surface area contributed by atoms with Crippen LogP contribution in [-0.2, 0) is 4.79 Å².